The first-order valence-electron chi connectivity index (χ1n) is 6.12. The van der Waals surface area contributed by atoms with Gasteiger partial charge in [-0.1, -0.05) is 0 Å². The van der Waals surface area contributed by atoms with E-state index in [1.54, 1.807) is 7.05 Å². The zero-order valence-electron chi connectivity index (χ0n) is 10.7. The Morgan fingerprint density at radius 3 is 2.89 bits per heavy atom. The van der Waals surface area contributed by atoms with Gasteiger partial charge in [0.2, 0.25) is 0 Å². The summed E-state index contributed by atoms with van der Waals surface area (Å²) < 4.78 is 31.7. The summed E-state index contributed by atoms with van der Waals surface area (Å²) in [5.74, 6) is 0. The molecule has 104 valence electrons. The molecule has 0 bridgehead atoms. The van der Waals surface area contributed by atoms with Crippen LogP contribution >= 0.6 is 11.3 Å². The molecular weight excluding hydrogens is 284 g/mol. The summed E-state index contributed by atoms with van der Waals surface area (Å²) in [4.78, 5) is 0.404. The van der Waals surface area contributed by atoms with Crippen LogP contribution in [0.25, 0.3) is 0 Å². The van der Waals surface area contributed by atoms with E-state index in [0.29, 0.717) is 18.0 Å². The van der Waals surface area contributed by atoms with Gasteiger partial charge in [-0.15, -0.1) is 11.3 Å². The molecule has 2 heterocycles. The van der Waals surface area contributed by atoms with Gasteiger partial charge in [-0.2, -0.15) is 9.57 Å². The Hall–Kier alpha value is -0.940. The van der Waals surface area contributed by atoms with Crippen LogP contribution < -0.4 is 0 Å². The van der Waals surface area contributed by atoms with Crippen LogP contribution in [0, 0.1) is 11.3 Å². The fourth-order valence-electron chi connectivity index (χ4n) is 2.01. The van der Waals surface area contributed by atoms with Gasteiger partial charge in [-0.3, -0.25) is 0 Å². The largest absolute Gasteiger partial charge is 0.377 e. The van der Waals surface area contributed by atoms with E-state index in [-0.39, 0.29) is 10.3 Å². The highest BCUT2D eigenvalue weighted by molar-refractivity contribution is 7.91. The van der Waals surface area contributed by atoms with Crippen LogP contribution in [0.5, 0.6) is 0 Å². The van der Waals surface area contributed by atoms with Crippen LogP contribution in [-0.2, 0) is 14.8 Å². The molecule has 1 aliphatic rings. The smallest absolute Gasteiger partial charge is 0.252 e. The predicted molar refractivity (Wildman–Crippen MR) is 72.4 cm³/mol. The minimum atomic E-state index is -3.51. The fourth-order valence-corrected chi connectivity index (χ4v) is 4.53. The number of rotatable bonds is 4. The molecule has 1 atom stereocenters. The molecule has 2 rings (SSSR count). The van der Waals surface area contributed by atoms with E-state index in [1.165, 1.54) is 16.4 Å². The highest BCUT2D eigenvalue weighted by Crippen LogP contribution is 2.24. The lowest BCUT2D eigenvalue weighted by atomic mass is 10.1. The summed E-state index contributed by atoms with van der Waals surface area (Å²) in [5, 5.41) is 8.75. The lowest BCUT2D eigenvalue weighted by molar-refractivity contribution is 0.00860. The van der Waals surface area contributed by atoms with E-state index in [4.69, 9.17) is 10.00 Å². The molecule has 7 heteroatoms. The van der Waals surface area contributed by atoms with Crippen molar-refractivity contribution in [3.05, 3.63) is 17.0 Å². The maximum atomic E-state index is 12.3. The van der Waals surface area contributed by atoms with Gasteiger partial charge < -0.3 is 4.74 Å². The Balaban J connectivity index is 2.08. The second-order valence-electron chi connectivity index (χ2n) is 4.50. The molecule has 19 heavy (non-hydrogen) atoms. The molecule has 0 spiro atoms. The first-order valence-corrected chi connectivity index (χ1v) is 8.37. The highest BCUT2D eigenvalue weighted by atomic mass is 32.2. The van der Waals surface area contributed by atoms with Crippen LogP contribution in [-0.4, -0.2) is 39.0 Å². The van der Waals surface area contributed by atoms with Gasteiger partial charge in [0.1, 0.15) is 15.2 Å². The second kappa shape index (κ2) is 6.01. The minimum Gasteiger partial charge on any atom is -0.377 e. The second-order valence-corrected chi connectivity index (χ2v) is 7.86. The minimum absolute atomic E-state index is 0.0241. The molecule has 5 nitrogen and oxygen atoms in total. The zero-order valence-corrected chi connectivity index (χ0v) is 12.3. The SMILES string of the molecule is CN(CC1CCCCO1)S(=O)(=O)c1ccc(C#N)s1. The van der Waals surface area contributed by atoms with Crippen LogP contribution in [0.1, 0.15) is 24.1 Å². The number of sulfonamides is 1. The summed E-state index contributed by atoms with van der Waals surface area (Å²) >= 11 is 0.999. The summed E-state index contributed by atoms with van der Waals surface area (Å²) in [6.07, 6.45) is 3.00. The van der Waals surface area contributed by atoms with Crippen molar-refractivity contribution in [2.24, 2.45) is 0 Å². The maximum Gasteiger partial charge on any atom is 0.252 e. The summed E-state index contributed by atoms with van der Waals surface area (Å²) in [6, 6.07) is 4.96. The number of nitrogens with zero attached hydrogens (tertiary/aromatic N) is 2. The molecule has 1 saturated heterocycles. The van der Waals surface area contributed by atoms with Crippen molar-refractivity contribution in [1.29, 1.82) is 5.26 Å². The van der Waals surface area contributed by atoms with Gasteiger partial charge in [0.05, 0.1) is 6.10 Å². The van der Waals surface area contributed by atoms with Gasteiger partial charge in [0.25, 0.3) is 10.0 Å². The maximum absolute atomic E-state index is 12.3. The molecule has 1 aromatic heterocycles. The normalized spacial score (nSPS) is 20.4. The molecule has 0 amide bonds. The standard InChI is InChI=1S/C12H16N2O3S2/c1-14(9-10-4-2-3-7-17-10)19(15,16)12-6-5-11(8-13)18-12/h5-6,10H,2-4,7,9H2,1H3. The number of nitriles is 1. The van der Waals surface area contributed by atoms with E-state index in [9.17, 15) is 8.42 Å². The Bertz CT molecular complexity index is 568. The lowest BCUT2D eigenvalue weighted by Crippen LogP contribution is -2.36. The number of hydrogen-bond acceptors (Lipinski definition) is 5. The Kier molecular flexibility index (Phi) is 4.58. The van der Waals surface area contributed by atoms with Crippen LogP contribution in [0.2, 0.25) is 0 Å². The average Bonchev–Trinajstić information content (AvgIpc) is 2.89. The predicted octanol–water partition coefficient (Wildman–Crippen LogP) is 1.81. The Morgan fingerprint density at radius 1 is 1.53 bits per heavy atom. The van der Waals surface area contributed by atoms with Crippen molar-refractivity contribution in [1.82, 2.24) is 4.31 Å². The van der Waals surface area contributed by atoms with Crippen LogP contribution in [0.15, 0.2) is 16.3 Å². The van der Waals surface area contributed by atoms with E-state index in [2.05, 4.69) is 0 Å². The van der Waals surface area contributed by atoms with Crippen molar-refractivity contribution in [2.75, 3.05) is 20.2 Å². The lowest BCUT2D eigenvalue weighted by Gasteiger charge is -2.26. The first-order chi connectivity index (χ1) is 9.04. The highest BCUT2D eigenvalue weighted by Gasteiger charge is 2.26. The van der Waals surface area contributed by atoms with Crippen molar-refractivity contribution in [2.45, 2.75) is 29.6 Å². The summed E-state index contributed by atoms with van der Waals surface area (Å²) in [7, 11) is -1.95. The van der Waals surface area contributed by atoms with Crippen molar-refractivity contribution >= 4 is 21.4 Å². The number of hydrogen-bond donors (Lipinski definition) is 0. The summed E-state index contributed by atoms with van der Waals surface area (Å²) in [6.45, 7) is 1.07. The van der Waals surface area contributed by atoms with E-state index in [0.717, 1.165) is 30.6 Å². The molecule has 1 aromatic rings. The third-order valence-corrected chi connectivity index (χ3v) is 6.37. The molecule has 0 N–H and O–H groups in total. The van der Waals surface area contributed by atoms with E-state index >= 15 is 0 Å². The van der Waals surface area contributed by atoms with Crippen molar-refractivity contribution in [3.8, 4) is 6.07 Å². The van der Waals surface area contributed by atoms with Crippen molar-refractivity contribution < 1.29 is 13.2 Å². The number of ether oxygens (including phenoxy) is 1. The average molecular weight is 300 g/mol. The third kappa shape index (κ3) is 3.34. The molecule has 1 fully saturated rings. The third-order valence-electron chi connectivity index (χ3n) is 3.09. The Labute approximate surface area is 117 Å². The van der Waals surface area contributed by atoms with Gasteiger partial charge in [0, 0.05) is 20.2 Å². The van der Waals surface area contributed by atoms with E-state index < -0.39 is 10.0 Å². The zero-order chi connectivity index (χ0) is 13.9. The van der Waals surface area contributed by atoms with Gasteiger partial charge in [0.15, 0.2) is 0 Å². The molecule has 0 radical (unpaired) electrons. The summed E-state index contributed by atoms with van der Waals surface area (Å²) in [5.41, 5.74) is 0. The van der Waals surface area contributed by atoms with Crippen molar-refractivity contribution in [3.63, 3.8) is 0 Å². The number of thiophene rings is 1. The van der Waals surface area contributed by atoms with Gasteiger partial charge in [-0.25, -0.2) is 8.42 Å². The molecular formula is C12H16N2O3S2. The Morgan fingerprint density at radius 2 is 2.32 bits per heavy atom. The van der Waals surface area contributed by atoms with Gasteiger partial charge in [-0.05, 0) is 31.4 Å². The molecule has 0 aliphatic carbocycles. The van der Waals surface area contributed by atoms with Crippen LogP contribution in [0.4, 0.5) is 0 Å². The topological polar surface area (TPSA) is 70.4 Å². The monoisotopic (exact) mass is 300 g/mol. The van der Waals surface area contributed by atoms with Crippen LogP contribution in [0.3, 0.4) is 0 Å². The molecule has 1 unspecified atom stereocenters. The van der Waals surface area contributed by atoms with Gasteiger partial charge >= 0.3 is 0 Å². The van der Waals surface area contributed by atoms with E-state index in [1.807, 2.05) is 6.07 Å². The molecule has 0 aromatic carbocycles. The fraction of sp³-hybridized carbons (Fsp3) is 0.583. The first kappa shape index (κ1) is 14.5. The molecule has 0 saturated carbocycles. The molecule has 1 aliphatic heterocycles. The number of likely N-dealkylation sites (N-methyl/N-ethyl adjacent to an activating group) is 1. The quantitative estimate of drug-likeness (QED) is 0.850.